The van der Waals surface area contributed by atoms with Gasteiger partial charge < -0.3 is 9.15 Å². The van der Waals surface area contributed by atoms with E-state index < -0.39 is 5.97 Å². The van der Waals surface area contributed by atoms with Crippen molar-refractivity contribution in [3.63, 3.8) is 0 Å². The Kier molecular flexibility index (Phi) is 3.62. The summed E-state index contributed by atoms with van der Waals surface area (Å²) in [6.45, 7) is 10.6. The lowest BCUT2D eigenvalue weighted by Crippen LogP contribution is -2.04. The first-order chi connectivity index (χ1) is 9.15. The molecule has 0 radical (unpaired) electrons. The van der Waals surface area contributed by atoms with Crippen molar-refractivity contribution in [2.75, 3.05) is 6.61 Å². The van der Waals surface area contributed by atoms with Crippen molar-refractivity contribution >= 4 is 11.7 Å². The molecule has 0 unspecified atom stereocenters. The van der Waals surface area contributed by atoms with Gasteiger partial charge in [0.15, 0.2) is 11.6 Å². The number of aromatic nitrogens is 1. The van der Waals surface area contributed by atoms with Gasteiger partial charge in [0.2, 0.25) is 5.76 Å². The fourth-order valence-corrected chi connectivity index (χ4v) is 1.65. The van der Waals surface area contributed by atoms with E-state index in [-0.39, 0.29) is 12.4 Å². The molecule has 1 aromatic heterocycles. The molecule has 5 heteroatoms. The van der Waals surface area contributed by atoms with Crippen molar-refractivity contribution in [1.82, 2.24) is 4.98 Å². The summed E-state index contributed by atoms with van der Waals surface area (Å²) < 4.78 is 10.2. The van der Waals surface area contributed by atoms with Crippen LogP contribution in [0.25, 0.3) is 16.1 Å². The molecule has 0 saturated heterocycles. The lowest BCUT2D eigenvalue weighted by molar-refractivity contribution is 0.0490. The number of rotatable bonds is 3. The zero-order valence-corrected chi connectivity index (χ0v) is 10.6. The number of ether oxygens (including phenoxy) is 1. The molecule has 0 spiro atoms. The average Bonchev–Trinajstić information content (AvgIpc) is 2.81. The topological polar surface area (TPSA) is 56.7 Å². The monoisotopic (exact) mass is 256 g/mol. The van der Waals surface area contributed by atoms with Gasteiger partial charge in [-0.05, 0) is 6.92 Å². The van der Waals surface area contributed by atoms with Crippen LogP contribution in [0.4, 0.5) is 5.69 Å². The van der Waals surface area contributed by atoms with Crippen LogP contribution in [0.1, 0.15) is 23.4 Å². The van der Waals surface area contributed by atoms with E-state index in [9.17, 15) is 4.79 Å². The quantitative estimate of drug-likeness (QED) is 0.624. The molecule has 5 nitrogen and oxygen atoms in total. The van der Waals surface area contributed by atoms with Crippen molar-refractivity contribution in [3.05, 3.63) is 47.3 Å². The molecule has 0 aliphatic heterocycles. The minimum absolute atomic E-state index is 0.0925. The lowest BCUT2D eigenvalue weighted by Gasteiger charge is -2.01. The Labute approximate surface area is 110 Å². The van der Waals surface area contributed by atoms with Crippen molar-refractivity contribution in [1.29, 1.82) is 0 Å². The number of hydrogen-bond acceptors (Lipinski definition) is 4. The number of esters is 1. The fraction of sp³-hybridized carbons (Fsp3) is 0.214. The second-order valence-electron chi connectivity index (χ2n) is 3.79. The molecule has 0 aliphatic rings. The number of benzene rings is 1. The molecule has 0 bridgehead atoms. The standard InChI is InChI=1S/C14H12N2O3/c1-4-18-14(17)13-12(16-9(2)19-13)10-5-7-11(15-3)8-6-10/h5-8H,4H2,1-2H3. The van der Waals surface area contributed by atoms with Crippen molar-refractivity contribution < 1.29 is 13.9 Å². The maximum absolute atomic E-state index is 11.8. The van der Waals surface area contributed by atoms with Gasteiger partial charge in [-0.1, -0.05) is 24.3 Å². The predicted molar refractivity (Wildman–Crippen MR) is 68.9 cm³/mol. The summed E-state index contributed by atoms with van der Waals surface area (Å²) in [5.41, 5.74) is 1.68. The first-order valence-corrected chi connectivity index (χ1v) is 5.78. The first kappa shape index (κ1) is 12.8. The van der Waals surface area contributed by atoms with E-state index in [1.54, 1.807) is 38.1 Å². The van der Waals surface area contributed by atoms with E-state index >= 15 is 0 Å². The van der Waals surface area contributed by atoms with Gasteiger partial charge in [-0.2, -0.15) is 0 Å². The summed E-state index contributed by atoms with van der Waals surface area (Å²) in [5, 5.41) is 0. The van der Waals surface area contributed by atoms with E-state index in [4.69, 9.17) is 15.7 Å². The van der Waals surface area contributed by atoms with Gasteiger partial charge in [0.1, 0.15) is 5.69 Å². The summed E-state index contributed by atoms with van der Waals surface area (Å²) in [5.74, 6) is -0.0467. The van der Waals surface area contributed by atoms with E-state index in [0.717, 1.165) is 0 Å². The molecular formula is C14H12N2O3. The number of carbonyl (C=O) groups is 1. The smallest absolute Gasteiger partial charge is 0.376 e. The van der Waals surface area contributed by atoms with E-state index in [1.165, 1.54) is 0 Å². The molecule has 96 valence electrons. The molecule has 0 N–H and O–H groups in total. The summed E-state index contributed by atoms with van der Waals surface area (Å²) in [7, 11) is 0. The number of carbonyl (C=O) groups excluding carboxylic acids is 1. The average molecular weight is 256 g/mol. The molecule has 0 saturated carbocycles. The van der Waals surface area contributed by atoms with Gasteiger partial charge >= 0.3 is 5.97 Å². The van der Waals surface area contributed by atoms with E-state index in [0.29, 0.717) is 22.8 Å². The van der Waals surface area contributed by atoms with Crippen molar-refractivity contribution in [2.45, 2.75) is 13.8 Å². The summed E-state index contributed by atoms with van der Waals surface area (Å²) in [6, 6.07) is 6.79. The van der Waals surface area contributed by atoms with Crippen LogP contribution in [0, 0.1) is 13.5 Å². The first-order valence-electron chi connectivity index (χ1n) is 5.78. The molecule has 19 heavy (non-hydrogen) atoms. The minimum atomic E-state index is -0.535. The highest BCUT2D eigenvalue weighted by molar-refractivity contribution is 5.93. The minimum Gasteiger partial charge on any atom is -0.460 e. The Morgan fingerprint density at radius 2 is 2.11 bits per heavy atom. The van der Waals surface area contributed by atoms with E-state index in [1.807, 2.05) is 0 Å². The molecular weight excluding hydrogens is 244 g/mol. The van der Waals surface area contributed by atoms with Crippen LogP contribution in [-0.2, 0) is 4.74 Å². The zero-order valence-electron chi connectivity index (χ0n) is 10.6. The normalized spacial score (nSPS) is 9.95. The largest absolute Gasteiger partial charge is 0.460 e. The van der Waals surface area contributed by atoms with Gasteiger partial charge in [-0.3, -0.25) is 0 Å². The van der Waals surface area contributed by atoms with Gasteiger partial charge in [-0.15, -0.1) is 0 Å². The second kappa shape index (κ2) is 5.36. The molecule has 0 atom stereocenters. The summed E-state index contributed by atoms with van der Waals surface area (Å²) in [6.07, 6.45) is 0. The molecule has 1 aromatic carbocycles. The number of nitrogens with zero attached hydrogens (tertiary/aromatic N) is 2. The SMILES string of the molecule is [C-]#[N+]c1ccc(-c2nc(C)oc2C(=O)OCC)cc1. The van der Waals surface area contributed by atoms with Crippen LogP contribution in [0.5, 0.6) is 0 Å². The summed E-state index contributed by atoms with van der Waals surface area (Å²) >= 11 is 0. The number of aryl methyl sites for hydroxylation is 1. The molecule has 0 aliphatic carbocycles. The highest BCUT2D eigenvalue weighted by Gasteiger charge is 2.21. The third kappa shape index (κ3) is 2.63. The van der Waals surface area contributed by atoms with Gasteiger partial charge in [0.25, 0.3) is 0 Å². The zero-order chi connectivity index (χ0) is 13.8. The molecule has 0 fully saturated rings. The number of oxazole rings is 1. The van der Waals surface area contributed by atoms with Crippen LogP contribution >= 0.6 is 0 Å². The van der Waals surface area contributed by atoms with Crippen LogP contribution in [-0.4, -0.2) is 17.6 Å². The fourth-order valence-electron chi connectivity index (χ4n) is 1.65. The van der Waals surface area contributed by atoms with Gasteiger partial charge in [0, 0.05) is 12.5 Å². The third-order valence-electron chi connectivity index (χ3n) is 2.46. The second-order valence-corrected chi connectivity index (χ2v) is 3.79. The van der Waals surface area contributed by atoms with Crippen LogP contribution in [0.3, 0.4) is 0 Å². The highest BCUT2D eigenvalue weighted by atomic mass is 16.5. The van der Waals surface area contributed by atoms with Gasteiger partial charge in [-0.25, -0.2) is 14.6 Å². The Balaban J connectivity index is 2.43. The predicted octanol–water partition coefficient (Wildman–Crippen LogP) is 3.38. The van der Waals surface area contributed by atoms with Crippen LogP contribution in [0.2, 0.25) is 0 Å². The molecule has 2 rings (SSSR count). The van der Waals surface area contributed by atoms with Crippen molar-refractivity contribution in [2.24, 2.45) is 0 Å². The third-order valence-corrected chi connectivity index (χ3v) is 2.46. The van der Waals surface area contributed by atoms with E-state index in [2.05, 4.69) is 9.83 Å². The Morgan fingerprint density at radius 1 is 1.42 bits per heavy atom. The Bertz CT molecular complexity index is 636. The molecule has 2 aromatic rings. The van der Waals surface area contributed by atoms with Crippen LogP contribution < -0.4 is 0 Å². The van der Waals surface area contributed by atoms with Gasteiger partial charge in [0.05, 0.1) is 13.2 Å². The Hall–Kier alpha value is -2.61. The molecule has 0 amide bonds. The summed E-state index contributed by atoms with van der Waals surface area (Å²) in [4.78, 5) is 19.3. The Morgan fingerprint density at radius 3 is 2.68 bits per heavy atom. The molecule has 1 heterocycles. The van der Waals surface area contributed by atoms with Crippen LogP contribution in [0.15, 0.2) is 28.7 Å². The number of hydrogen-bond donors (Lipinski definition) is 0. The van der Waals surface area contributed by atoms with Crippen molar-refractivity contribution in [3.8, 4) is 11.3 Å². The maximum Gasteiger partial charge on any atom is 0.376 e. The lowest BCUT2D eigenvalue weighted by atomic mass is 10.1. The maximum atomic E-state index is 11.8. The highest BCUT2D eigenvalue weighted by Crippen LogP contribution is 2.26.